The van der Waals surface area contributed by atoms with Crippen LogP contribution in [-0.2, 0) is 9.47 Å². The van der Waals surface area contributed by atoms with E-state index in [0.29, 0.717) is 12.4 Å². The average molecular weight is 433 g/mol. The highest BCUT2D eigenvalue weighted by Crippen LogP contribution is 2.21. The van der Waals surface area contributed by atoms with Crippen molar-refractivity contribution in [3.63, 3.8) is 0 Å². The van der Waals surface area contributed by atoms with Gasteiger partial charge in [-0.2, -0.15) is 0 Å². The first-order valence-electron chi connectivity index (χ1n) is 10.7. The molecule has 4 heteroatoms. The molecule has 4 aromatic carbocycles. The van der Waals surface area contributed by atoms with Gasteiger partial charge >= 0.3 is 0 Å². The zero-order valence-electron chi connectivity index (χ0n) is 19.0. The van der Waals surface area contributed by atoms with E-state index >= 15 is 0 Å². The Morgan fingerprint density at radius 3 is 1.88 bits per heavy atom. The molecule has 1 unspecified atom stereocenters. The van der Waals surface area contributed by atoms with Crippen LogP contribution in [0, 0.1) is 0 Å². The molecule has 0 heterocycles. The molecule has 0 radical (unpaired) electrons. The number of phenols is 1. The summed E-state index contributed by atoms with van der Waals surface area (Å²) in [6.07, 6.45) is 1.23. The van der Waals surface area contributed by atoms with Gasteiger partial charge in [-0.1, -0.05) is 67.2 Å². The van der Waals surface area contributed by atoms with Crippen LogP contribution in [0.4, 0.5) is 0 Å². The Bertz CT molecular complexity index is 1090. The topological polar surface area (TPSA) is 47.9 Å². The predicted octanol–water partition coefficient (Wildman–Crippen LogP) is 7.31. The summed E-state index contributed by atoms with van der Waals surface area (Å²) < 4.78 is 15.6. The fourth-order valence-corrected chi connectivity index (χ4v) is 3.00. The van der Waals surface area contributed by atoms with Gasteiger partial charge < -0.3 is 19.3 Å². The van der Waals surface area contributed by atoms with Gasteiger partial charge in [-0.05, 0) is 66.6 Å². The quantitative estimate of drug-likeness (QED) is 0.256. The Kier molecular flexibility index (Phi) is 10.6. The average Bonchev–Trinajstić information content (AvgIpc) is 2.80. The second kappa shape index (κ2) is 13.7. The first kappa shape index (κ1) is 24.8. The van der Waals surface area contributed by atoms with Gasteiger partial charge in [-0.15, -0.1) is 0 Å². The van der Waals surface area contributed by atoms with Gasteiger partial charge in [-0.25, -0.2) is 0 Å². The van der Waals surface area contributed by atoms with Crippen LogP contribution in [0.1, 0.15) is 20.8 Å². The van der Waals surface area contributed by atoms with Gasteiger partial charge in [0.2, 0.25) is 0 Å². The predicted molar refractivity (Wildman–Crippen MR) is 133 cm³/mol. The zero-order chi connectivity index (χ0) is 23.2. The second-order valence-corrected chi connectivity index (χ2v) is 6.80. The summed E-state index contributed by atoms with van der Waals surface area (Å²) >= 11 is 0. The van der Waals surface area contributed by atoms with Crippen molar-refractivity contribution in [1.82, 2.24) is 0 Å². The fraction of sp³-hybridized carbons (Fsp3) is 0.214. The van der Waals surface area contributed by atoms with E-state index in [1.807, 2.05) is 75.4 Å². The van der Waals surface area contributed by atoms with E-state index in [-0.39, 0.29) is 6.29 Å². The molecule has 0 saturated carbocycles. The van der Waals surface area contributed by atoms with E-state index < -0.39 is 0 Å². The first-order valence-corrected chi connectivity index (χ1v) is 10.7. The van der Waals surface area contributed by atoms with Crippen molar-refractivity contribution in [3.05, 3.63) is 97.8 Å². The molecular weight excluding hydrogens is 400 g/mol. The van der Waals surface area contributed by atoms with Crippen molar-refractivity contribution in [2.24, 2.45) is 0 Å². The van der Waals surface area contributed by atoms with Crippen molar-refractivity contribution in [2.75, 3.05) is 13.2 Å². The molecule has 0 saturated heterocycles. The molecule has 0 aromatic heterocycles. The van der Waals surface area contributed by atoms with E-state index in [4.69, 9.17) is 14.6 Å². The summed E-state index contributed by atoms with van der Waals surface area (Å²) in [5, 5.41) is 13.8. The Morgan fingerprint density at radius 2 is 1.34 bits per heavy atom. The van der Waals surface area contributed by atoms with Crippen LogP contribution in [0.5, 0.6) is 11.5 Å². The molecular formula is C28H32O4. The SMILES string of the molecule is C=COCC.CCOC(C)Oc1ccc2ccccc2c1.Oc1ccc2ccccc2c1. The number of phenolic OH excluding ortho intramolecular Hbond substituents is 1. The van der Waals surface area contributed by atoms with E-state index in [9.17, 15) is 0 Å². The van der Waals surface area contributed by atoms with Crippen LogP contribution in [0.25, 0.3) is 21.5 Å². The molecule has 168 valence electrons. The molecule has 1 atom stereocenters. The smallest absolute Gasteiger partial charge is 0.196 e. The lowest BCUT2D eigenvalue weighted by molar-refractivity contribution is -0.0612. The molecule has 0 amide bonds. The number of aromatic hydroxyl groups is 1. The van der Waals surface area contributed by atoms with Crippen molar-refractivity contribution in [2.45, 2.75) is 27.1 Å². The Balaban J connectivity index is 0.000000196. The molecule has 0 fully saturated rings. The van der Waals surface area contributed by atoms with E-state index in [1.54, 1.807) is 12.1 Å². The summed E-state index contributed by atoms with van der Waals surface area (Å²) in [6, 6.07) is 27.6. The number of ether oxygens (including phenoxy) is 3. The number of rotatable bonds is 6. The van der Waals surface area contributed by atoms with Gasteiger partial charge in [0.15, 0.2) is 6.29 Å². The lowest BCUT2D eigenvalue weighted by atomic mass is 10.1. The van der Waals surface area contributed by atoms with Crippen LogP contribution in [0.15, 0.2) is 97.8 Å². The normalized spacial score (nSPS) is 10.8. The monoisotopic (exact) mass is 432 g/mol. The summed E-state index contributed by atoms with van der Waals surface area (Å²) in [7, 11) is 0. The maximum absolute atomic E-state index is 9.13. The zero-order valence-corrected chi connectivity index (χ0v) is 19.0. The molecule has 4 nitrogen and oxygen atoms in total. The maximum atomic E-state index is 9.13. The highest BCUT2D eigenvalue weighted by molar-refractivity contribution is 5.84. The highest BCUT2D eigenvalue weighted by atomic mass is 16.7. The maximum Gasteiger partial charge on any atom is 0.196 e. The highest BCUT2D eigenvalue weighted by Gasteiger charge is 2.03. The summed E-state index contributed by atoms with van der Waals surface area (Å²) in [5.74, 6) is 1.17. The van der Waals surface area contributed by atoms with E-state index in [1.165, 1.54) is 17.0 Å². The molecule has 0 bridgehead atoms. The van der Waals surface area contributed by atoms with Crippen LogP contribution in [0.2, 0.25) is 0 Å². The van der Waals surface area contributed by atoms with Gasteiger partial charge in [0.1, 0.15) is 11.5 Å². The lowest BCUT2D eigenvalue weighted by Crippen LogP contribution is -2.15. The number of hydrogen-bond donors (Lipinski definition) is 1. The van der Waals surface area contributed by atoms with Crippen LogP contribution in [-0.4, -0.2) is 24.6 Å². The molecule has 0 aliphatic heterocycles. The first-order chi connectivity index (χ1) is 15.6. The van der Waals surface area contributed by atoms with Crippen molar-refractivity contribution < 1.29 is 19.3 Å². The summed E-state index contributed by atoms with van der Waals surface area (Å²) in [5.41, 5.74) is 0. The van der Waals surface area contributed by atoms with E-state index in [2.05, 4.69) is 29.5 Å². The lowest BCUT2D eigenvalue weighted by Gasteiger charge is -2.14. The summed E-state index contributed by atoms with van der Waals surface area (Å²) in [6.45, 7) is 10.5. The van der Waals surface area contributed by atoms with Gasteiger partial charge in [0.25, 0.3) is 0 Å². The molecule has 32 heavy (non-hydrogen) atoms. The number of fused-ring (bicyclic) bond motifs is 2. The third kappa shape index (κ3) is 8.32. The van der Waals surface area contributed by atoms with Crippen molar-refractivity contribution in [3.8, 4) is 11.5 Å². The molecule has 4 aromatic rings. The molecule has 1 N–H and O–H groups in total. The van der Waals surface area contributed by atoms with Gasteiger partial charge in [0.05, 0.1) is 12.9 Å². The number of benzene rings is 4. The third-order valence-corrected chi connectivity index (χ3v) is 4.44. The van der Waals surface area contributed by atoms with E-state index in [0.717, 1.165) is 23.1 Å². The van der Waals surface area contributed by atoms with Crippen LogP contribution in [0.3, 0.4) is 0 Å². The molecule has 0 aliphatic carbocycles. The Morgan fingerprint density at radius 1 is 0.781 bits per heavy atom. The minimum Gasteiger partial charge on any atom is -0.508 e. The minimum absolute atomic E-state index is 0.203. The minimum atomic E-state index is -0.203. The Labute approximate surface area is 190 Å². The van der Waals surface area contributed by atoms with Crippen LogP contribution < -0.4 is 4.74 Å². The van der Waals surface area contributed by atoms with Crippen molar-refractivity contribution >= 4 is 21.5 Å². The van der Waals surface area contributed by atoms with Gasteiger partial charge in [0, 0.05) is 6.61 Å². The van der Waals surface area contributed by atoms with Crippen molar-refractivity contribution in [1.29, 1.82) is 0 Å². The fourth-order valence-electron chi connectivity index (χ4n) is 3.00. The molecule has 0 spiro atoms. The number of hydrogen-bond acceptors (Lipinski definition) is 4. The largest absolute Gasteiger partial charge is 0.508 e. The van der Waals surface area contributed by atoms with Crippen LogP contribution >= 0.6 is 0 Å². The standard InChI is InChI=1S/C14H16O2.C10H8O.C4H8O/c1-3-15-11(2)16-14-9-8-12-6-4-5-7-13(12)10-14;11-10-6-5-8-3-1-2-4-9(8)7-10;1-3-5-4-2/h4-11H,3H2,1-2H3;1-7,11H;3H,1,4H2,2H3. The van der Waals surface area contributed by atoms with Gasteiger partial charge in [-0.3, -0.25) is 0 Å². The summed E-state index contributed by atoms with van der Waals surface area (Å²) in [4.78, 5) is 0. The molecule has 0 aliphatic rings. The Hall–Kier alpha value is -3.50. The third-order valence-electron chi connectivity index (χ3n) is 4.44. The molecule has 4 rings (SSSR count). The second-order valence-electron chi connectivity index (χ2n) is 6.80.